The van der Waals surface area contributed by atoms with Gasteiger partial charge in [0.2, 0.25) is 5.91 Å². The normalized spacial score (nSPS) is 18.7. The molecule has 0 aliphatic carbocycles. The van der Waals surface area contributed by atoms with Crippen LogP contribution in [-0.2, 0) is 9.53 Å². The van der Waals surface area contributed by atoms with Crippen LogP contribution in [0.5, 0.6) is 0 Å². The summed E-state index contributed by atoms with van der Waals surface area (Å²) in [5, 5.41) is 0.757. The minimum atomic E-state index is 0.206. The maximum atomic E-state index is 12.4. The molecule has 0 N–H and O–H groups in total. The summed E-state index contributed by atoms with van der Waals surface area (Å²) in [5.41, 5.74) is 1.27. The van der Waals surface area contributed by atoms with Crippen molar-refractivity contribution in [3.8, 4) is 0 Å². The number of ether oxygens (including phenoxy) is 1. The number of amides is 1. The molecule has 1 aromatic rings. The van der Waals surface area contributed by atoms with Gasteiger partial charge in [-0.2, -0.15) is 0 Å². The molecule has 1 aromatic carbocycles. The molecular formula is C17H25ClN2O2. The lowest BCUT2D eigenvalue weighted by Crippen LogP contribution is -2.44. The van der Waals surface area contributed by atoms with Gasteiger partial charge in [0.1, 0.15) is 0 Å². The Balaban J connectivity index is 1.89. The Morgan fingerprint density at radius 3 is 2.82 bits per heavy atom. The summed E-state index contributed by atoms with van der Waals surface area (Å²) in [6.45, 7) is 3.55. The Hall–Kier alpha value is -1.10. The summed E-state index contributed by atoms with van der Waals surface area (Å²) in [7, 11) is 3.63. The van der Waals surface area contributed by atoms with E-state index < -0.39 is 0 Å². The molecule has 1 aliphatic rings. The molecule has 0 aromatic heterocycles. The average Bonchev–Trinajstić information content (AvgIpc) is 2.53. The second kappa shape index (κ2) is 8.51. The zero-order chi connectivity index (χ0) is 15.9. The SMILES string of the molecule is COCCN(C)CC(=O)N1CCC[C@H](c2ccc(Cl)cc2)C1. The minimum Gasteiger partial charge on any atom is -0.383 e. The van der Waals surface area contributed by atoms with E-state index in [1.165, 1.54) is 5.56 Å². The molecule has 1 aliphatic heterocycles. The van der Waals surface area contributed by atoms with Gasteiger partial charge in [-0.25, -0.2) is 0 Å². The Kier molecular flexibility index (Phi) is 6.68. The van der Waals surface area contributed by atoms with Gasteiger partial charge < -0.3 is 9.64 Å². The monoisotopic (exact) mass is 324 g/mol. The predicted molar refractivity (Wildman–Crippen MR) is 89.4 cm³/mol. The maximum Gasteiger partial charge on any atom is 0.236 e. The zero-order valence-electron chi connectivity index (χ0n) is 13.4. The van der Waals surface area contributed by atoms with E-state index in [1.54, 1.807) is 7.11 Å². The van der Waals surface area contributed by atoms with Crippen LogP contribution in [0.15, 0.2) is 24.3 Å². The molecule has 0 spiro atoms. The molecule has 0 unspecified atom stereocenters. The van der Waals surface area contributed by atoms with Gasteiger partial charge in [0.15, 0.2) is 0 Å². The van der Waals surface area contributed by atoms with E-state index >= 15 is 0 Å². The smallest absolute Gasteiger partial charge is 0.236 e. The first-order chi connectivity index (χ1) is 10.6. The molecule has 1 heterocycles. The maximum absolute atomic E-state index is 12.4. The van der Waals surface area contributed by atoms with Crippen LogP contribution in [0.3, 0.4) is 0 Å². The molecule has 0 bridgehead atoms. The average molecular weight is 325 g/mol. The van der Waals surface area contributed by atoms with Crippen LogP contribution in [0, 0.1) is 0 Å². The molecule has 2 rings (SSSR count). The lowest BCUT2D eigenvalue weighted by atomic mass is 9.90. The summed E-state index contributed by atoms with van der Waals surface area (Å²) >= 11 is 5.95. The number of hydrogen-bond donors (Lipinski definition) is 0. The number of halogens is 1. The Bertz CT molecular complexity index is 478. The number of hydrogen-bond acceptors (Lipinski definition) is 3. The zero-order valence-corrected chi connectivity index (χ0v) is 14.2. The van der Waals surface area contributed by atoms with E-state index in [4.69, 9.17) is 16.3 Å². The van der Waals surface area contributed by atoms with Crippen molar-refractivity contribution in [2.75, 3.05) is 46.9 Å². The summed E-state index contributed by atoms with van der Waals surface area (Å²) in [5.74, 6) is 0.622. The van der Waals surface area contributed by atoms with Gasteiger partial charge in [-0.3, -0.25) is 9.69 Å². The van der Waals surface area contributed by atoms with E-state index in [9.17, 15) is 4.79 Å². The van der Waals surface area contributed by atoms with Crippen molar-refractivity contribution < 1.29 is 9.53 Å². The first-order valence-electron chi connectivity index (χ1n) is 7.81. The fourth-order valence-electron chi connectivity index (χ4n) is 2.87. The highest BCUT2D eigenvalue weighted by atomic mass is 35.5. The molecule has 1 fully saturated rings. The largest absolute Gasteiger partial charge is 0.383 e. The molecule has 122 valence electrons. The minimum absolute atomic E-state index is 0.206. The fourth-order valence-corrected chi connectivity index (χ4v) is 2.99. The van der Waals surface area contributed by atoms with Crippen molar-refractivity contribution in [3.63, 3.8) is 0 Å². The topological polar surface area (TPSA) is 32.8 Å². The highest BCUT2D eigenvalue weighted by molar-refractivity contribution is 6.30. The number of methoxy groups -OCH3 is 1. The van der Waals surface area contributed by atoms with Crippen LogP contribution >= 0.6 is 11.6 Å². The van der Waals surface area contributed by atoms with Crippen molar-refractivity contribution in [2.24, 2.45) is 0 Å². The third kappa shape index (κ3) is 4.97. The van der Waals surface area contributed by atoms with Crippen LogP contribution in [0.2, 0.25) is 5.02 Å². The molecule has 4 nitrogen and oxygen atoms in total. The Labute approximate surface area is 138 Å². The number of benzene rings is 1. The Morgan fingerprint density at radius 2 is 2.14 bits per heavy atom. The van der Waals surface area contributed by atoms with E-state index in [0.717, 1.165) is 37.5 Å². The molecule has 1 atom stereocenters. The lowest BCUT2D eigenvalue weighted by molar-refractivity contribution is -0.133. The number of rotatable bonds is 6. The van der Waals surface area contributed by atoms with Gasteiger partial charge in [-0.15, -0.1) is 0 Å². The highest BCUT2D eigenvalue weighted by Crippen LogP contribution is 2.27. The van der Waals surface area contributed by atoms with Gasteiger partial charge in [0.05, 0.1) is 13.2 Å². The van der Waals surface area contributed by atoms with Crippen LogP contribution in [0.4, 0.5) is 0 Å². The van der Waals surface area contributed by atoms with E-state index in [0.29, 0.717) is 19.1 Å². The summed E-state index contributed by atoms with van der Waals surface area (Å²) < 4.78 is 5.05. The summed E-state index contributed by atoms with van der Waals surface area (Å²) in [4.78, 5) is 16.4. The molecular weight excluding hydrogens is 300 g/mol. The molecule has 1 amide bonds. The first-order valence-corrected chi connectivity index (χ1v) is 8.18. The van der Waals surface area contributed by atoms with Crippen molar-refractivity contribution >= 4 is 17.5 Å². The molecule has 1 saturated heterocycles. The van der Waals surface area contributed by atoms with Gasteiger partial charge in [0, 0.05) is 37.7 Å². The number of carbonyl (C=O) groups excluding carboxylic acids is 1. The lowest BCUT2D eigenvalue weighted by Gasteiger charge is -2.34. The van der Waals surface area contributed by atoms with Crippen LogP contribution < -0.4 is 0 Å². The molecule has 22 heavy (non-hydrogen) atoms. The third-order valence-electron chi connectivity index (χ3n) is 4.20. The van der Waals surface area contributed by atoms with Crippen molar-refractivity contribution in [1.82, 2.24) is 9.80 Å². The molecule has 0 saturated carbocycles. The first kappa shape index (κ1) is 17.3. The van der Waals surface area contributed by atoms with Gasteiger partial charge >= 0.3 is 0 Å². The van der Waals surface area contributed by atoms with Crippen LogP contribution in [0.1, 0.15) is 24.3 Å². The van der Waals surface area contributed by atoms with Crippen molar-refractivity contribution in [3.05, 3.63) is 34.9 Å². The van der Waals surface area contributed by atoms with Gasteiger partial charge in [0.25, 0.3) is 0 Å². The standard InChI is InChI=1S/C17H25ClN2O2/c1-19(10-11-22-2)13-17(21)20-9-3-4-15(12-20)14-5-7-16(18)8-6-14/h5-8,15H,3-4,9-13H2,1-2H3/t15-/m0/s1. The number of likely N-dealkylation sites (tertiary alicyclic amines) is 1. The summed E-state index contributed by atoms with van der Waals surface area (Å²) in [6.07, 6.45) is 2.19. The van der Waals surface area contributed by atoms with Crippen LogP contribution in [0.25, 0.3) is 0 Å². The number of nitrogens with zero attached hydrogens (tertiary/aromatic N) is 2. The number of piperidine rings is 1. The summed E-state index contributed by atoms with van der Waals surface area (Å²) in [6, 6.07) is 8.00. The van der Waals surface area contributed by atoms with Gasteiger partial charge in [-0.05, 0) is 37.6 Å². The van der Waals surface area contributed by atoms with E-state index in [-0.39, 0.29) is 5.91 Å². The second-order valence-electron chi connectivity index (χ2n) is 5.96. The number of carbonyl (C=O) groups is 1. The van der Waals surface area contributed by atoms with Crippen LogP contribution in [-0.4, -0.2) is 62.7 Å². The van der Waals surface area contributed by atoms with E-state index in [2.05, 4.69) is 12.1 Å². The Morgan fingerprint density at radius 1 is 1.41 bits per heavy atom. The number of likely N-dealkylation sites (N-methyl/N-ethyl adjacent to an activating group) is 1. The van der Waals surface area contributed by atoms with E-state index in [1.807, 2.05) is 29.0 Å². The van der Waals surface area contributed by atoms with Gasteiger partial charge in [-0.1, -0.05) is 23.7 Å². The fraction of sp³-hybridized carbons (Fsp3) is 0.588. The third-order valence-corrected chi connectivity index (χ3v) is 4.45. The van der Waals surface area contributed by atoms with Crippen molar-refractivity contribution in [2.45, 2.75) is 18.8 Å². The molecule has 5 heteroatoms. The predicted octanol–water partition coefficient (Wildman–Crippen LogP) is 2.62. The molecule has 0 radical (unpaired) electrons. The highest BCUT2D eigenvalue weighted by Gasteiger charge is 2.25. The quantitative estimate of drug-likeness (QED) is 0.806. The van der Waals surface area contributed by atoms with Crippen molar-refractivity contribution in [1.29, 1.82) is 0 Å². The second-order valence-corrected chi connectivity index (χ2v) is 6.40.